The largest absolute Gasteiger partial charge is 0.497 e. The summed E-state index contributed by atoms with van der Waals surface area (Å²) in [7, 11) is -2.15. The highest BCUT2D eigenvalue weighted by atomic mass is 32.2. The summed E-state index contributed by atoms with van der Waals surface area (Å²) in [5, 5.41) is 1.80. The van der Waals surface area contributed by atoms with Crippen molar-refractivity contribution in [1.29, 1.82) is 0 Å². The van der Waals surface area contributed by atoms with Crippen LogP contribution < -0.4 is 9.54 Å². The van der Waals surface area contributed by atoms with Gasteiger partial charge >= 0.3 is 0 Å². The predicted octanol–water partition coefficient (Wildman–Crippen LogP) is 3.15. The summed E-state index contributed by atoms with van der Waals surface area (Å²) in [6.45, 7) is 1.91. The molecule has 7 heteroatoms. The average molecular weight is 360 g/mol. The maximum Gasteiger partial charge on any atom is 0.285 e. The number of rotatable bonds is 4. The molecule has 0 unspecified atom stereocenters. The molecule has 0 fully saturated rings. The molecule has 0 bridgehead atoms. The van der Waals surface area contributed by atoms with E-state index in [1.807, 2.05) is 31.2 Å². The number of hydrogen-bond donors (Lipinski definition) is 0. The van der Waals surface area contributed by atoms with E-state index in [2.05, 4.69) is 4.40 Å². The van der Waals surface area contributed by atoms with Crippen LogP contribution in [-0.2, 0) is 10.0 Å². The third-order valence-corrected chi connectivity index (χ3v) is 5.61. The molecule has 0 N–H and O–H groups in total. The first-order valence-corrected chi connectivity index (χ1v) is 9.50. The highest BCUT2D eigenvalue weighted by Crippen LogP contribution is 2.16. The molecule has 0 amide bonds. The Morgan fingerprint density at radius 2 is 1.71 bits per heavy atom. The molecule has 3 rings (SSSR count). The van der Waals surface area contributed by atoms with Gasteiger partial charge in [-0.15, -0.1) is 15.7 Å². The van der Waals surface area contributed by atoms with Gasteiger partial charge in [0, 0.05) is 17.3 Å². The lowest BCUT2D eigenvalue weighted by Crippen LogP contribution is -2.14. The van der Waals surface area contributed by atoms with Gasteiger partial charge in [-0.1, -0.05) is 17.7 Å². The van der Waals surface area contributed by atoms with Gasteiger partial charge < -0.3 is 4.74 Å². The lowest BCUT2D eigenvalue weighted by molar-refractivity contribution is 0.414. The standard InChI is InChI=1S/C17H16N2O3S2/c1-13-3-9-16(10-4-13)24(20,21)18-17-19(11-12-23-17)14-5-7-15(22-2)8-6-14/h3-12H,1-2H3/b18-17-. The van der Waals surface area contributed by atoms with Crippen LogP contribution in [0.4, 0.5) is 0 Å². The van der Waals surface area contributed by atoms with Gasteiger partial charge in [-0.2, -0.15) is 8.42 Å². The third-order valence-electron chi connectivity index (χ3n) is 3.46. The number of aromatic nitrogens is 1. The number of benzene rings is 2. The minimum Gasteiger partial charge on any atom is -0.497 e. The van der Waals surface area contributed by atoms with Crippen LogP contribution in [-0.4, -0.2) is 20.1 Å². The van der Waals surface area contributed by atoms with Gasteiger partial charge in [0.2, 0.25) is 4.80 Å². The number of nitrogens with zero attached hydrogens (tertiary/aromatic N) is 2. The van der Waals surface area contributed by atoms with Gasteiger partial charge in [0.15, 0.2) is 0 Å². The second kappa shape index (κ2) is 6.62. The van der Waals surface area contributed by atoms with Crippen LogP contribution in [0.2, 0.25) is 0 Å². The molecular formula is C17H16N2O3S2. The maximum absolute atomic E-state index is 12.5. The van der Waals surface area contributed by atoms with Gasteiger partial charge in [-0.05, 0) is 43.3 Å². The Bertz CT molecular complexity index is 999. The van der Waals surface area contributed by atoms with Gasteiger partial charge in [0.1, 0.15) is 5.75 Å². The number of aryl methyl sites for hydroxylation is 1. The summed E-state index contributed by atoms with van der Waals surface area (Å²) < 4.78 is 35.9. The van der Waals surface area contributed by atoms with Crippen LogP contribution in [0.1, 0.15) is 5.56 Å². The zero-order valence-electron chi connectivity index (χ0n) is 13.2. The van der Waals surface area contributed by atoms with E-state index < -0.39 is 10.0 Å². The molecule has 5 nitrogen and oxygen atoms in total. The Balaban J connectivity index is 2.05. The zero-order valence-corrected chi connectivity index (χ0v) is 14.8. The molecule has 124 valence electrons. The molecule has 0 spiro atoms. The predicted molar refractivity (Wildman–Crippen MR) is 94.1 cm³/mol. The van der Waals surface area contributed by atoms with Crippen LogP contribution >= 0.6 is 11.3 Å². The molecule has 0 radical (unpaired) electrons. The average Bonchev–Trinajstić information content (AvgIpc) is 3.02. The van der Waals surface area contributed by atoms with Crippen LogP contribution in [0.3, 0.4) is 0 Å². The topological polar surface area (TPSA) is 60.7 Å². The van der Waals surface area contributed by atoms with Crippen LogP contribution in [0.25, 0.3) is 5.69 Å². The Morgan fingerprint density at radius 1 is 1.04 bits per heavy atom. The molecular weight excluding hydrogens is 344 g/mol. The van der Waals surface area contributed by atoms with Gasteiger partial charge in [-0.25, -0.2) is 0 Å². The molecule has 0 saturated heterocycles. The molecule has 2 aromatic carbocycles. The van der Waals surface area contributed by atoms with Crippen LogP contribution in [0.15, 0.2) is 69.4 Å². The SMILES string of the molecule is COc1ccc(-n2ccs/c2=N\S(=O)(=O)c2ccc(C)cc2)cc1. The van der Waals surface area contributed by atoms with Crippen molar-refractivity contribution >= 4 is 21.4 Å². The second-order valence-electron chi connectivity index (χ2n) is 5.13. The van der Waals surface area contributed by atoms with E-state index in [1.165, 1.54) is 11.3 Å². The first-order valence-electron chi connectivity index (χ1n) is 7.18. The summed E-state index contributed by atoms with van der Waals surface area (Å²) in [5.74, 6) is 0.736. The Hall–Kier alpha value is -2.38. The fraction of sp³-hybridized carbons (Fsp3) is 0.118. The quantitative estimate of drug-likeness (QED) is 0.718. The van der Waals surface area contributed by atoms with Crippen molar-refractivity contribution in [2.75, 3.05) is 7.11 Å². The Morgan fingerprint density at radius 3 is 2.33 bits per heavy atom. The van der Waals surface area contributed by atoms with E-state index in [0.717, 1.165) is 17.0 Å². The smallest absolute Gasteiger partial charge is 0.285 e. The molecule has 0 aliphatic rings. The molecule has 0 aliphatic carbocycles. The number of hydrogen-bond acceptors (Lipinski definition) is 4. The van der Waals surface area contributed by atoms with Gasteiger partial charge in [0.05, 0.1) is 12.0 Å². The summed E-state index contributed by atoms with van der Waals surface area (Å²) in [4.78, 5) is 0.573. The van der Waals surface area contributed by atoms with Gasteiger partial charge in [0.25, 0.3) is 10.0 Å². The molecule has 3 aromatic rings. The van der Waals surface area contributed by atoms with Crippen molar-refractivity contribution in [2.24, 2.45) is 4.40 Å². The van der Waals surface area contributed by atoms with E-state index in [-0.39, 0.29) is 4.90 Å². The third kappa shape index (κ3) is 3.42. The summed E-state index contributed by atoms with van der Waals surface area (Å²) >= 11 is 1.26. The van der Waals surface area contributed by atoms with Crippen LogP contribution in [0.5, 0.6) is 5.75 Å². The van der Waals surface area contributed by atoms with E-state index in [9.17, 15) is 8.42 Å². The van der Waals surface area contributed by atoms with Crippen molar-refractivity contribution < 1.29 is 13.2 Å². The minimum atomic E-state index is -3.75. The molecule has 0 atom stereocenters. The molecule has 0 saturated carbocycles. The Labute approximate surface area is 144 Å². The fourth-order valence-corrected chi connectivity index (χ4v) is 4.07. The van der Waals surface area contributed by atoms with E-state index in [4.69, 9.17) is 4.74 Å². The maximum atomic E-state index is 12.5. The van der Waals surface area contributed by atoms with E-state index in [1.54, 1.807) is 47.5 Å². The number of thiazole rings is 1. The van der Waals surface area contributed by atoms with Crippen molar-refractivity contribution in [3.8, 4) is 11.4 Å². The van der Waals surface area contributed by atoms with Crippen molar-refractivity contribution in [1.82, 2.24) is 4.57 Å². The second-order valence-corrected chi connectivity index (χ2v) is 7.61. The summed E-state index contributed by atoms with van der Waals surface area (Å²) in [6, 6.07) is 14.0. The van der Waals surface area contributed by atoms with Crippen molar-refractivity contribution in [3.63, 3.8) is 0 Å². The number of sulfonamides is 1. The molecule has 1 aromatic heterocycles. The summed E-state index contributed by atoms with van der Waals surface area (Å²) in [5.41, 5.74) is 1.81. The summed E-state index contributed by atoms with van der Waals surface area (Å²) in [6.07, 6.45) is 1.79. The monoisotopic (exact) mass is 360 g/mol. The van der Waals surface area contributed by atoms with Crippen LogP contribution in [0, 0.1) is 6.92 Å². The molecule has 24 heavy (non-hydrogen) atoms. The van der Waals surface area contributed by atoms with E-state index >= 15 is 0 Å². The van der Waals surface area contributed by atoms with E-state index in [0.29, 0.717) is 4.80 Å². The lowest BCUT2D eigenvalue weighted by atomic mass is 10.2. The van der Waals surface area contributed by atoms with Crippen molar-refractivity contribution in [2.45, 2.75) is 11.8 Å². The first kappa shape index (κ1) is 16.5. The fourth-order valence-electron chi connectivity index (χ4n) is 2.14. The normalized spacial score (nSPS) is 12.3. The van der Waals surface area contributed by atoms with Gasteiger partial charge in [-0.3, -0.25) is 4.57 Å². The van der Waals surface area contributed by atoms with Crippen molar-refractivity contribution in [3.05, 3.63) is 70.5 Å². The number of methoxy groups -OCH3 is 1. The minimum absolute atomic E-state index is 0.183. The zero-order chi connectivity index (χ0) is 17.2. The molecule has 1 heterocycles. The highest BCUT2D eigenvalue weighted by molar-refractivity contribution is 7.90. The molecule has 0 aliphatic heterocycles. The lowest BCUT2D eigenvalue weighted by Gasteiger charge is -2.05. The number of ether oxygens (including phenoxy) is 1. The highest BCUT2D eigenvalue weighted by Gasteiger charge is 2.13. The Kier molecular flexibility index (Phi) is 4.55. The first-order chi connectivity index (χ1) is 11.5.